The molecule has 0 saturated heterocycles. The number of fused-ring (bicyclic) bond motifs is 1. The monoisotopic (exact) mass is 439 g/mol. The Hall–Kier alpha value is -2.33. The third kappa shape index (κ3) is 4.39. The standard InChI is InChI=1S/C25H23Cl2NO2/c1-30-12-11-28-25(29)19-4-2-3-17(13-19)18-6-5-16-7-9-21(22(16)14-18)23-15-20(26)8-10-24(23)27/h2-6,8,10,13-15,21H,7,9,11-12H2,1H3,(H,28,29). The Labute approximate surface area is 187 Å². The number of rotatable bonds is 6. The quantitative estimate of drug-likeness (QED) is 0.470. The molecule has 0 bridgehead atoms. The molecular formula is C25H23Cl2NO2. The van der Waals surface area contributed by atoms with E-state index in [0.717, 1.165) is 34.6 Å². The minimum atomic E-state index is -0.0985. The lowest BCUT2D eigenvalue weighted by Gasteiger charge is -2.16. The fraction of sp³-hybridized carbons (Fsp3) is 0.240. The molecule has 0 radical (unpaired) electrons. The highest BCUT2D eigenvalue weighted by atomic mass is 35.5. The summed E-state index contributed by atoms with van der Waals surface area (Å²) >= 11 is 12.7. The molecule has 0 aliphatic heterocycles. The first-order valence-corrected chi connectivity index (χ1v) is 10.8. The van der Waals surface area contributed by atoms with Crippen LogP contribution in [0.5, 0.6) is 0 Å². The van der Waals surface area contributed by atoms with Gasteiger partial charge in [-0.1, -0.05) is 53.5 Å². The summed E-state index contributed by atoms with van der Waals surface area (Å²) in [6, 6.07) is 19.9. The Bertz CT molecular complexity index is 1080. The van der Waals surface area contributed by atoms with E-state index in [9.17, 15) is 4.79 Å². The molecule has 3 nitrogen and oxygen atoms in total. The fourth-order valence-corrected chi connectivity index (χ4v) is 4.53. The van der Waals surface area contributed by atoms with Crippen LogP contribution in [-0.4, -0.2) is 26.2 Å². The highest BCUT2D eigenvalue weighted by Gasteiger charge is 2.26. The number of hydrogen-bond donors (Lipinski definition) is 1. The summed E-state index contributed by atoms with van der Waals surface area (Å²) in [6.07, 6.45) is 2.03. The van der Waals surface area contributed by atoms with Gasteiger partial charge in [-0.15, -0.1) is 0 Å². The summed E-state index contributed by atoms with van der Waals surface area (Å²) in [7, 11) is 1.62. The van der Waals surface area contributed by atoms with E-state index in [1.807, 2.05) is 42.5 Å². The molecule has 4 rings (SSSR count). The predicted octanol–water partition coefficient (Wildman–Crippen LogP) is 6.11. The molecule has 1 unspecified atom stereocenters. The summed E-state index contributed by atoms with van der Waals surface area (Å²) in [5, 5.41) is 4.32. The molecule has 154 valence electrons. The second-order valence-corrected chi connectivity index (χ2v) is 8.34. The number of halogens is 2. The van der Waals surface area contributed by atoms with Gasteiger partial charge in [0.2, 0.25) is 0 Å². The minimum Gasteiger partial charge on any atom is -0.383 e. The number of benzene rings is 3. The Balaban J connectivity index is 1.64. The Morgan fingerprint density at radius 3 is 2.70 bits per heavy atom. The van der Waals surface area contributed by atoms with Crippen LogP contribution in [0.25, 0.3) is 11.1 Å². The molecular weight excluding hydrogens is 417 g/mol. The largest absolute Gasteiger partial charge is 0.383 e. The van der Waals surface area contributed by atoms with Crippen LogP contribution < -0.4 is 5.32 Å². The zero-order valence-electron chi connectivity index (χ0n) is 16.8. The van der Waals surface area contributed by atoms with Crippen molar-refractivity contribution in [1.82, 2.24) is 5.32 Å². The highest BCUT2D eigenvalue weighted by molar-refractivity contribution is 6.33. The molecule has 1 aliphatic carbocycles. The predicted molar refractivity (Wildman–Crippen MR) is 123 cm³/mol. The van der Waals surface area contributed by atoms with Crippen molar-refractivity contribution in [1.29, 1.82) is 0 Å². The molecule has 3 aromatic carbocycles. The Morgan fingerprint density at radius 2 is 1.87 bits per heavy atom. The first-order valence-electron chi connectivity index (χ1n) is 10.0. The molecule has 0 saturated carbocycles. The van der Waals surface area contributed by atoms with Crippen molar-refractivity contribution in [2.45, 2.75) is 18.8 Å². The summed E-state index contributed by atoms with van der Waals surface area (Å²) < 4.78 is 4.99. The van der Waals surface area contributed by atoms with Crippen LogP contribution in [0.3, 0.4) is 0 Å². The SMILES string of the molecule is COCCNC(=O)c1cccc(-c2ccc3c(c2)C(c2cc(Cl)ccc2Cl)CC3)c1. The molecule has 3 aromatic rings. The van der Waals surface area contributed by atoms with Crippen LogP contribution in [0.2, 0.25) is 10.0 Å². The summed E-state index contributed by atoms with van der Waals surface area (Å²) in [5.74, 6) is 0.130. The normalized spacial score (nSPS) is 15.1. The molecule has 0 aromatic heterocycles. The summed E-state index contributed by atoms with van der Waals surface area (Å²) in [5.41, 5.74) is 6.44. The van der Waals surface area contributed by atoms with E-state index in [1.54, 1.807) is 7.11 Å². The molecule has 30 heavy (non-hydrogen) atoms. The topological polar surface area (TPSA) is 38.3 Å². The average molecular weight is 440 g/mol. The first-order chi connectivity index (χ1) is 14.6. The van der Waals surface area contributed by atoms with Gasteiger partial charge in [0.1, 0.15) is 0 Å². The maximum absolute atomic E-state index is 12.4. The molecule has 0 heterocycles. The zero-order chi connectivity index (χ0) is 21.1. The number of carbonyl (C=O) groups is 1. The smallest absolute Gasteiger partial charge is 0.251 e. The van der Waals surface area contributed by atoms with E-state index >= 15 is 0 Å². The lowest BCUT2D eigenvalue weighted by Crippen LogP contribution is -2.26. The van der Waals surface area contributed by atoms with E-state index in [2.05, 4.69) is 23.5 Å². The minimum absolute atomic E-state index is 0.0985. The van der Waals surface area contributed by atoms with Gasteiger partial charge < -0.3 is 10.1 Å². The number of nitrogens with one attached hydrogen (secondary N) is 1. The average Bonchev–Trinajstić information content (AvgIpc) is 3.18. The van der Waals surface area contributed by atoms with Crippen molar-refractivity contribution in [3.05, 3.63) is 93.0 Å². The second-order valence-electron chi connectivity index (χ2n) is 7.50. The van der Waals surface area contributed by atoms with Gasteiger partial charge in [0.25, 0.3) is 5.91 Å². The number of aryl methyl sites for hydroxylation is 1. The van der Waals surface area contributed by atoms with Gasteiger partial charge in [-0.3, -0.25) is 4.79 Å². The first kappa shape index (κ1) is 20.9. The van der Waals surface area contributed by atoms with Crippen molar-refractivity contribution < 1.29 is 9.53 Å². The van der Waals surface area contributed by atoms with Crippen LogP contribution in [0.4, 0.5) is 0 Å². The third-order valence-corrected chi connectivity index (χ3v) is 6.19. The maximum atomic E-state index is 12.4. The molecule has 1 atom stereocenters. The van der Waals surface area contributed by atoms with Crippen LogP contribution in [0.15, 0.2) is 60.7 Å². The third-order valence-electron chi connectivity index (χ3n) is 5.61. The van der Waals surface area contributed by atoms with Crippen molar-refractivity contribution in [2.75, 3.05) is 20.3 Å². The van der Waals surface area contributed by atoms with Crippen molar-refractivity contribution in [3.8, 4) is 11.1 Å². The summed E-state index contributed by atoms with van der Waals surface area (Å²) in [4.78, 5) is 12.4. The van der Waals surface area contributed by atoms with E-state index in [1.165, 1.54) is 11.1 Å². The van der Waals surface area contributed by atoms with Crippen molar-refractivity contribution in [2.24, 2.45) is 0 Å². The van der Waals surface area contributed by atoms with Crippen LogP contribution in [0.1, 0.15) is 39.4 Å². The van der Waals surface area contributed by atoms with E-state index in [4.69, 9.17) is 27.9 Å². The van der Waals surface area contributed by atoms with Crippen molar-refractivity contribution >= 4 is 29.1 Å². The summed E-state index contributed by atoms with van der Waals surface area (Å²) in [6.45, 7) is 0.976. The van der Waals surface area contributed by atoms with Gasteiger partial charge in [0, 0.05) is 35.2 Å². The molecule has 1 N–H and O–H groups in total. The van der Waals surface area contributed by atoms with Gasteiger partial charge in [0.15, 0.2) is 0 Å². The number of carbonyl (C=O) groups excluding carboxylic acids is 1. The van der Waals surface area contributed by atoms with Gasteiger partial charge in [-0.2, -0.15) is 0 Å². The van der Waals surface area contributed by atoms with Gasteiger partial charge >= 0.3 is 0 Å². The lowest BCUT2D eigenvalue weighted by molar-refractivity contribution is 0.0937. The Kier molecular flexibility index (Phi) is 6.43. The number of methoxy groups -OCH3 is 1. The van der Waals surface area contributed by atoms with Crippen LogP contribution in [-0.2, 0) is 11.2 Å². The number of ether oxygens (including phenoxy) is 1. The van der Waals surface area contributed by atoms with E-state index in [-0.39, 0.29) is 11.8 Å². The highest BCUT2D eigenvalue weighted by Crippen LogP contribution is 2.43. The zero-order valence-corrected chi connectivity index (χ0v) is 18.3. The molecule has 5 heteroatoms. The van der Waals surface area contributed by atoms with E-state index in [0.29, 0.717) is 23.7 Å². The number of amides is 1. The molecule has 1 aliphatic rings. The Morgan fingerprint density at radius 1 is 1.03 bits per heavy atom. The van der Waals surface area contributed by atoms with Gasteiger partial charge in [-0.05, 0) is 71.0 Å². The molecule has 1 amide bonds. The van der Waals surface area contributed by atoms with Gasteiger partial charge in [0.05, 0.1) is 6.61 Å². The second kappa shape index (κ2) is 9.22. The van der Waals surface area contributed by atoms with Crippen LogP contribution >= 0.6 is 23.2 Å². The molecule has 0 spiro atoms. The van der Waals surface area contributed by atoms with Crippen molar-refractivity contribution in [3.63, 3.8) is 0 Å². The van der Waals surface area contributed by atoms with E-state index < -0.39 is 0 Å². The number of hydrogen-bond acceptors (Lipinski definition) is 2. The van der Waals surface area contributed by atoms with Crippen LogP contribution in [0, 0.1) is 0 Å². The lowest BCUT2D eigenvalue weighted by atomic mass is 9.90. The maximum Gasteiger partial charge on any atom is 0.251 e. The molecule has 0 fully saturated rings. The fourth-order valence-electron chi connectivity index (χ4n) is 4.10. The van der Waals surface area contributed by atoms with Gasteiger partial charge in [-0.25, -0.2) is 0 Å².